The molecule has 0 atom stereocenters. The van der Waals surface area contributed by atoms with Crippen molar-refractivity contribution in [3.05, 3.63) is 96.0 Å². The Morgan fingerprint density at radius 3 is 2.45 bits per heavy atom. The first-order chi connectivity index (χ1) is 16.0. The van der Waals surface area contributed by atoms with E-state index in [-0.39, 0.29) is 11.3 Å². The van der Waals surface area contributed by atoms with Crippen molar-refractivity contribution < 1.29 is 9.59 Å². The number of rotatable bonds is 5. The summed E-state index contributed by atoms with van der Waals surface area (Å²) in [5.74, 6) is 6.34. The van der Waals surface area contributed by atoms with E-state index in [9.17, 15) is 9.59 Å². The number of nitrogens with zero attached hydrogens (tertiary/aromatic N) is 2. The second kappa shape index (κ2) is 11.1. The van der Waals surface area contributed by atoms with Crippen LogP contribution in [0.15, 0.2) is 84.7 Å². The van der Waals surface area contributed by atoms with Gasteiger partial charge in [-0.1, -0.05) is 31.1 Å². The van der Waals surface area contributed by atoms with Gasteiger partial charge in [0.1, 0.15) is 12.0 Å². The SMILES string of the molecule is C=C/C(=C\C(C#Cc1ccccn1)=C/C)NC.O=Cc1ccc(N2CC3(CCC3)C2=O)cc1. The minimum Gasteiger partial charge on any atom is -0.388 e. The molecule has 1 N–H and O–H groups in total. The van der Waals surface area contributed by atoms with Crippen molar-refractivity contribution in [2.45, 2.75) is 26.2 Å². The number of β-lactam (4-membered cyclic amide) rings is 1. The van der Waals surface area contributed by atoms with Crippen LogP contribution in [0, 0.1) is 17.3 Å². The molecule has 5 heteroatoms. The highest BCUT2D eigenvalue weighted by Crippen LogP contribution is 2.50. The Kier molecular flexibility index (Phi) is 7.99. The van der Waals surface area contributed by atoms with Gasteiger partial charge in [0.2, 0.25) is 5.91 Å². The van der Waals surface area contributed by atoms with Crippen LogP contribution in [-0.4, -0.2) is 30.8 Å². The maximum atomic E-state index is 12.0. The molecule has 2 fully saturated rings. The number of aldehydes is 1. The number of aromatic nitrogens is 1. The van der Waals surface area contributed by atoms with Crippen LogP contribution in [0.25, 0.3) is 0 Å². The van der Waals surface area contributed by atoms with Crippen molar-refractivity contribution in [3.8, 4) is 11.8 Å². The molecule has 4 rings (SSSR count). The zero-order valence-electron chi connectivity index (χ0n) is 19.2. The number of likely N-dealkylation sites (N-methyl/N-ethyl adjacent to an activating group) is 1. The van der Waals surface area contributed by atoms with E-state index in [0.29, 0.717) is 5.56 Å². The summed E-state index contributed by atoms with van der Waals surface area (Å²) in [5.41, 5.74) is 4.19. The lowest BCUT2D eigenvalue weighted by Crippen LogP contribution is -2.64. The Morgan fingerprint density at radius 2 is 1.97 bits per heavy atom. The molecule has 1 aliphatic carbocycles. The lowest BCUT2D eigenvalue weighted by Gasteiger charge is -2.54. The Morgan fingerprint density at radius 1 is 1.21 bits per heavy atom. The quantitative estimate of drug-likeness (QED) is 0.318. The fraction of sp³-hybridized carbons (Fsp3) is 0.250. The molecule has 2 aliphatic rings. The van der Waals surface area contributed by atoms with Gasteiger partial charge in [0.15, 0.2) is 0 Å². The van der Waals surface area contributed by atoms with Crippen LogP contribution in [0.2, 0.25) is 0 Å². The van der Waals surface area contributed by atoms with Gasteiger partial charge in [-0.15, -0.1) is 0 Å². The highest BCUT2D eigenvalue weighted by Gasteiger charge is 2.55. The van der Waals surface area contributed by atoms with Gasteiger partial charge in [0.05, 0.1) is 5.41 Å². The predicted molar refractivity (Wildman–Crippen MR) is 133 cm³/mol. The van der Waals surface area contributed by atoms with E-state index in [2.05, 4.69) is 28.7 Å². The molecule has 1 aliphatic heterocycles. The smallest absolute Gasteiger partial charge is 0.235 e. The van der Waals surface area contributed by atoms with Gasteiger partial charge in [-0.25, -0.2) is 4.98 Å². The van der Waals surface area contributed by atoms with Gasteiger partial charge in [-0.05, 0) is 74.2 Å². The van der Waals surface area contributed by atoms with Crippen LogP contribution in [0.5, 0.6) is 0 Å². The lowest BCUT2D eigenvalue weighted by atomic mass is 9.62. The third-order valence-electron chi connectivity index (χ3n) is 5.94. The van der Waals surface area contributed by atoms with E-state index in [1.807, 2.05) is 61.4 Å². The van der Waals surface area contributed by atoms with E-state index in [1.165, 1.54) is 6.42 Å². The first-order valence-electron chi connectivity index (χ1n) is 11.0. The Labute approximate surface area is 195 Å². The Bertz CT molecular complexity index is 1120. The van der Waals surface area contributed by atoms with Crippen LogP contribution in [0.1, 0.15) is 42.2 Å². The molecule has 2 heterocycles. The summed E-state index contributed by atoms with van der Waals surface area (Å²) >= 11 is 0. The molecule has 1 aromatic heterocycles. The average Bonchev–Trinajstić information content (AvgIpc) is 2.84. The number of nitrogens with one attached hydrogen (secondary N) is 1. The zero-order chi connectivity index (χ0) is 23.7. The molecule has 1 saturated heterocycles. The maximum Gasteiger partial charge on any atom is 0.235 e. The van der Waals surface area contributed by atoms with Crippen molar-refractivity contribution >= 4 is 17.9 Å². The number of allylic oxidation sites excluding steroid dienone is 4. The predicted octanol–water partition coefficient (Wildman–Crippen LogP) is 4.68. The van der Waals surface area contributed by atoms with Crippen LogP contribution in [-0.2, 0) is 4.79 Å². The number of anilines is 1. The number of pyridine rings is 1. The second-order valence-electron chi connectivity index (χ2n) is 8.00. The monoisotopic (exact) mass is 439 g/mol. The third kappa shape index (κ3) is 5.67. The third-order valence-corrected chi connectivity index (χ3v) is 5.94. The lowest BCUT2D eigenvalue weighted by molar-refractivity contribution is -0.141. The Balaban J connectivity index is 0.000000186. The van der Waals surface area contributed by atoms with Gasteiger partial charge in [0.25, 0.3) is 0 Å². The summed E-state index contributed by atoms with van der Waals surface area (Å²) in [6.07, 6.45) is 11.5. The van der Waals surface area contributed by atoms with E-state index in [1.54, 1.807) is 24.4 Å². The standard InChI is InChI=1S/C15H16N2.C13H13NO2/c1-4-13(12-14(5-2)16-3)9-10-15-8-6-7-11-17-15;15-8-10-2-4-11(5-3-10)14-9-13(12(14)16)6-1-7-13/h4-8,11-12,16H,2H2,1,3H3;2-5,8H,1,6-7,9H2/b13-4-,14-12+;. The van der Waals surface area contributed by atoms with Crippen molar-refractivity contribution in [1.29, 1.82) is 0 Å². The zero-order valence-corrected chi connectivity index (χ0v) is 19.2. The molecule has 1 amide bonds. The van der Waals surface area contributed by atoms with Crippen LogP contribution < -0.4 is 10.2 Å². The molecule has 0 bridgehead atoms. The van der Waals surface area contributed by atoms with Crippen LogP contribution in [0.4, 0.5) is 5.69 Å². The van der Waals surface area contributed by atoms with E-state index >= 15 is 0 Å². The number of carbonyl (C=O) groups is 2. The fourth-order valence-corrected chi connectivity index (χ4v) is 3.72. The Hall–Kier alpha value is -3.91. The molecule has 1 spiro atoms. The first-order valence-corrected chi connectivity index (χ1v) is 11.0. The number of carbonyl (C=O) groups excluding carboxylic acids is 2. The molecule has 0 unspecified atom stereocenters. The number of hydrogen-bond acceptors (Lipinski definition) is 4. The maximum absolute atomic E-state index is 12.0. The molecule has 1 aromatic carbocycles. The van der Waals surface area contributed by atoms with Gasteiger partial charge in [-0.2, -0.15) is 0 Å². The molecule has 33 heavy (non-hydrogen) atoms. The highest BCUT2D eigenvalue weighted by atomic mass is 16.2. The van der Waals surface area contributed by atoms with Gasteiger partial charge in [-0.3, -0.25) is 9.59 Å². The van der Waals surface area contributed by atoms with Crippen molar-refractivity contribution in [3.63, 3.8) is 0 Å². The summed E-state index contributed by atoms with van der Waals surface area (Å²) in [6.45, 7) is 6.53. The molecular weight excluding hydrogens is 410 g/mol. The summed E-state index contributed by atoms with van der Waals surface area (Å²) < 4.78 is 0. The number of amides is 1. The molecule has 168 valence electrons. The van der Waals surface area contributed by atoms with Crippen molar-refractivity contribution in [2.24, 2.45) is 5.41 Å². The minimum absolute atomic E-state index is 0.0106. The second-order valence-corrected chi connectivity index (χ2v) is 8.00. The molecule has 1 saturated carbocycles. The summed E-state index contributed by atoms with van der Waals surface area (Å²) in [6, 6.07) is 12.9. The molecule has 0 radical (unpaired) electrons. The van der Waals surface area contributed by atoms with E-state index in [4.69, 9.17) is 0 Å². The fourth-order valence-electron chi connectivity index (χ4n) is 3.72. The van der Waals surface area contributed by atoms with Crippen molar-refractivity contribution in [1.82, 2.24) is 10.3 Å². The van der Waals surface area contributed by atoms with Crippen molar-refractivity contribution in [2.75, 3.05) is 18.5 Å². The molecule has 2 aromatic rings. The van der Waals surface area contributed by atoms with Crippen LogP contribution >= 0.6 is 0 Å². The van der Waals surface area contributed by atoms with Gasteiger partial charge < -0.3 is 10.2 Å². The van der Waals surface area contributed by atoms with Gasteiger partial charge in [0, 0.05) is 42.3 Å². The highest BCUT2D eigenvalue weighted by molar-refractivity contribution is 6.05. The summed E-state index contributed by atoms with van der Waals surface area (Å²) in [7, 11) is 1.85. The molecule has 5 nitrogen and oxygen atoms in total. The van der Waals surface area contributed by atoms with Crippen LogP contribution in [0.3, 0.4) is 0 Å². The minimum atomic E-state index is -0.0106. The number of benzene rings is 1. The summed E-state index contributed by atoms with van der Waals surface area (Å²) in [4.78, 5) is 28.5. The topological polar surface area (TPSA) is 62.3 Å². The average molecular weight is 440 g/mol. The molecular formula is C28H29N3O2. The van der Waals surface area contributed by atoms with Gasteiger partial charge >= 0.3 is 0 Å². The largest absolute Gasteiger partial charge is 0.388 e. The van der Waals surface area contributed by atoms with E-state index < -0.39 is 0 Å². The van der Waals surface area contributed by atoms with E-state index in [0.717, 1.165) is 48.3 Å². The first kappa shape index (κ1) is 23.7. The normalized spacial score (nSPS) is 16.3. The summed E-state index contributed by atoms with van der Waals surface area (Å²) in [5, 5.41) is 3.03. The number of hydrogen-bond donors (Lipinski definition) is 1.